The molecule has 0 aliphatic rings. The first-order valence-electron chi connectivity index (χ1n) is 6.63. The second-order valence-corrected chi connectivity index (χ2v) is 6.85. The third kappa shape index (κ3) is 5.26. The standard InChI is InChI=1S/C14H21NO5S/c1-4-8-21(17,18)9-7-20-14-10-12(19-3)5-6-13(14)11(2)15-16/h5-6,10,16H,4,7-9H2,1-3H3/b15-11+. The Bertz CT molecular complexity index is 595. The van der Waals surface area contributed by atoms with Crippen LogP contribution < -0.4 is 9.47 Å². The van der Waals surface area contributed by atoms with Crippen LogP contribution in [-0.2, 0) is 9.84 Å². The van der Waals surface area contributed by atoms with Crippen LogP contribution in [0.1, 0.15) is 25.8 Å². The lowest BCUT2D eigenvalue weighted by molar-refractivity contribution is 0.317. The van der Waals surface area contributed by atoms with E-state index in [4.69, 9.17) is 14.7 Å². The zero-order valence-electron chi connectivity index (χ0n) is 12.5. The van der Waals surface area contributed by atoms with E-state index in [2.05, 4.69) is 5.16 Å². The van der Waals surface area contributed by atoms with Crippen molar-refractivity contribution >= 4 is 15.5 Å². The van der Waals surface area contributed by atoms with E-state index in [1.165, 1.54) is 7.11 Å². The van der Waals surface area contributed by atoms with Crippen molar-refractivity contribution in [2.24, 2.45) is 5.16 Å². The van der Waals surface area contributed by atoms with Crippen molar-refractivity contribution in [2.45, 2.75) is 20.3 Å². The van der Waals surface area contributed by atoms with E-state index in [0.29, 0.717) is 29.2 Å². The van der Waals surface area contributed by atoms with Crippen molar-refractivity contribution in [3.8, 4) is 11.5 Å². The molecule has 0 amide bonds. The molecule has 1 rings (SSSR count). The minimum absolute atomic E-state index is 0.0429. The van der Waals surface area contributed by atoms with E-state index in [-0.39, 0.29) is 18.1 Å². The number of benzene rings is 1. The van der Waals surface area contributed by atoms with Crippen molar-refractivity contribution in [1.29, 1.82) is 0 Å². The Morgan fingerprint density at radius 1 is 1.33 bits per heavy atom. The molecule has 0 atom stereocenters. The Hall–Kier alpha value is -1.76. The predicted octanol–water partition coefficient (Wildman–Crippen LogP) is 2.10. The van der Waals surface area contributed by atoms with Crippen LogP contribution >= 0.6 is 0 Å². The summed E-state index contributed by atoms with van der Waals surface area (Å²) in [7, 11) is -1.57. The molecule has 1 N–H and O–H groups in total. The largest absolute Gasteiger partial charge is 0.497 e. The maximum atomic E-state index is 11.7. The molecule has 0 saturated carbocycles. The average Bonchev–Trinajstić information content (AvgIpc) is 2.46. The van der Waals surface area contributed by atoms with Gasteiger partial charge in [0.2, 0.25) is 0 Å². The highest BCUT2D eigenvalue weighted by atomic mass is 32.2. The maximum Gasteiger partial charge on any atom is 0.153 e. The van der Waals surface area contributed by atoms with Gasteiger partial charge < -0.3 is 14.7 Å². The highest BCUT2D eigenvalue weighted by molar-refractivity contribution is 7.91. The van der Waals surface area contributed by atoms with Gasteiger partial charge in [-0.3, -0.25) is 0 Å². The van der Waals surface area contributed by atoms with Gasteiger partial charge in [-0.2, -0.15) is 0 Å². The summed E-state index contributed by atoms with van der Waals surface area (Å²) in [5.74, 6) is 1.11. The summed E-state index contributed by atoms with van der Waals surface area (Å²) in [6.07, 6.45) is 0.586. The number of ether oxygens (including phenoxy) is 2. The van der Waals surface area contributed by atoms with Crippen LogP contribution in [-0.4, -0.2) is 44.6 Å². The molecule has 0 aromatic heterocycles. The lowest BCUT2D eigenvalue weighted by Crippen LogP contribution is -2.17. The minimum atomic E-state index is -3.09. The molecular weight excluding hydrogens is 294 g/mol. The number of nitrogens with zero attached hydrogens (tertiary/aromatic N) is 1. The summed E-state index contributed by atoms with van der Waals surface area (Å²) in [4.78, 5) is 0. The fraction of sp³-hybridized carbons (Fsp3) is 0.500. The van der Waals surface area contributed by atoms with Crippen molar-refractivity contribution < 1.29 is 23.1 Å². The van der Waals surface area contributed by atoms with E-state index in [1.54, 1.807) is 25.1 Å². The Labute approximate surface area is 125 Å². The van der Waals surface area contributed by atoms with Gasteiger partial charge in [0.15, 0.2) is 9.84 Å². The third-order valence-electron chi connectivity index (χ3n) is 2.90. The average molecular weight is 315 g/mol. The van der Waals surface area contributed by atoms with Gasteiger partial charge in [0, 0.05) is 11.6 Å². The molecule has 0 aliphatic carbocycles. The predicted molar refractivity (Wildman–Crippen MR) is 81.4 cm³/mol. The first-order valence-corrected chi connectivity index (χ1v) is 8.46. The molecule has 0 heterocycles. The molecule has 1 aromatic rings. The van der Waals surface area contributed by atoms with Crippen molar-refractivity contribution in [2.75, 3.05) is 25.2 Å². The first kappa shape index (κ1) is 17.3. The lowest BCUT2D eigenvalue weighted by Gasteiger charge is -2.12. The minimum Gasteiger partial charge on any atom is -0.497 e. The lowest BCUT2D eigenvalue weighted by atomic mass is 10.1. The number of hydrogen-bond acceptors (Lipinski definition) is 6. The summed E-state index contributed by atoms with van der Waals surface area (Å²) < 4.78 is 33.9. The number of sulfone groups is 1. The fourth-order valence-electron chi connectivity index (χ4n) is 1.79. The van der Waals surface area contributed by atoms with Gasteiger partial charge in [0.25, 0.3) is 0 Å². The smallest absolute Gasteiger partial charge is 0.153 e. The van der Waals surface area contributed by atoms with E-state index >= 15 is 0 Å². The molecular formula is C14H21NO5S. The van der Waals surface area contributed by atoms with E-state index in [9.17, 15) is 8.42 Å². The van der Waals surface area contributed by atoms with Crippen molar-refractivity contribution in [3.63, 3.8) is 0 Å². The molecule has 0 unspecified atom stereocenters. The van der Waals surface area contributed by atoms with E-state index < -0.39 is 9.84 Å². The Morgan fingerprint density at radius 3 is 2.62 bits per heavy atom. The van der Waals surface area contributed by atoms with Gasteiger partial charge in [0.05, 0.1) is 24.3 Å². The summed E-state index contributed by atoms with van der Waals surface area (Å²) >= 11 is 0. The van der Waals surface area contributed by atoms with Crippen molar-refractivity contribution in [1.82, 2.24) is 0 Å². The molecule has 6 nitrogen and oxygen atoms in total. The SMILES string of the molecule is CCCS(=O)(=O)CCOc1cc(OC)ccc1/C(C)=N/O. The zero-order valence-corrected chi connectivity index (χ0v) is 13.3. The normalized spacial score (nSPS) is 12.2. The number of oxime groups is 1. The molecule has 7 heteroatoms. The summed E-state index contributed by atoms with van der Waals surface area (Å²) in [6.45, 7) is 3.49. The molecule has 118 valence electrons. The van der Waals surface area contributed by atoms with Crippen LogP contribution in [0.2, 0.25) is 0 Å². The van der Waals surface area contributed by atoms with Gasteiger partial charge in [-0.05, 0) is 25.5 Å². The summed E-state index contributed by atoms with van der Waals surface area (Å²) in [6, 6.07) is 5.05. The van der Waals surface area contributed by atoms with Gasteiger partial charge in [0.1, 0.15) is 18.1 Å². The summed E-state index contributed by atoms with van der Waals surface area (Å²) in [5.41, 5.74) is 0.968. The van der Waals surface area contributed by atoms with Gasteiger partial charge in [-0.15, -0.1) is 0 Å². The highest BCUT2D eigenvalue weighted by Crippen LogP contribution is 2.25. The Kier molecular flexibility index (Phi) is 6.48. The second-order valence-electron chi connectivity index (χ2n) is 4.55. The summed E-state index contributed by atoms with van der Waals surface area (Å²) in [5, 5.41) is 12.0. The van der Waals surface area contributed by atoms with Crippen LogP contribution in [0.4, 0.5) is 0 Å². The van der Waals surface area contributed by atoms with E-state index in [0.717, 1.165) is 0 Å². The number of methoxy groups -OCH3 is 1. The topological polar surface area (TPSA) is 85.2 Å². The highest BCUT2D eigenvalue weighted by Gasteiger charge is 2.13. The number of hydrogen-bond donors (Lipinski definition) is 1. The van der Waals surface area contributed by atoms with Gasteiger partial charge >= 0.3 is 0 Å². The second kappa shape index (κ2) is 7.87. The van der Waals surface area contributed by atoms with E-state index in [1.807, 2.05) is 6.92 Å². The van der Waals surface area contributed by atoms with Crippen molar-refractivity contribution in [3.05, 3.63) is 23.8 Å². The molecule has 21 heavy (non-hydrogen) atoms. The maximum absolute atomic E-state index is 11.7. The van der Waals surface area contributed by atoms with Gasteiger partial charge in [-0.25, -0.2) is 8.42 Å². The first-order chi connectivity index (χ1) is 9.93. The molecule has 1 aromatic carbocycles. The molecule has 0 radical (unpaired) electrons. The monoisotopic (exact) mass is 315 g/mol. The third-order valence-corrected chi connectivity index (χ3v) is 4.71. The van der Waals surface area contributed by atoms with Crippen LogP contribution in [0.25, 0.3) is 0 Å². The Morgan fingerprint density at radius 2 is 2.05 bits per heavy atom. The number of rotatable bonds is 8. The van der Waals surface area contributed by atoms with Crippen LogP contribution in [0.5, 0.6) is 11.5 Å². The fourth-order valence-corrected chi connectivity index (χ4v) is 2.96. The quantitative estimate of drug-likeness (QED) is 0.451. The molecule has 0 aliphatic heterocycles. The zero-order chi connectivity index (χ0) is 15.9. The molecule has 0 saturated heterocycles. The van der Waals surface area contributed by atoms with Gasteiger partial charge in [-0.1, -0.05) is 12.1 Å². The molecule has 0 fully saturated rings. The van der Waals surface area contributed by atoms with Crippen LogP contribution in [0.15, 0.2) is 23.4 Å². The molecule has 0 spiro atoms. The Balaban J connectivity index is 2.86. The van der Waals surface area contributed by atoms with Crippen LogP contribution in [0.3, 0.4) is 0 Å². The van der Waals surface area contributed by atoms with Crippen LogP contribution in [0, 0.1) is 0 Å². The molecule has 0 bridgehead atoms.